The van der Waals surface area contributed by atoms with Crippen LogP contribution in [0.5, 0.6) is 0 Å². The highest BCUT2D eigenvalue weighted by molar-refractivity contribution is 9.10. The number of nitrogens with one attached hydrogen (secondary N) is 1. The fourth-order valence-electron chi connectivity index (χ4n) is 4.61. The molecule has 0 amide bonds. The average Bonchev–Trinajstić information content (AvgIpc) is 2.77. The third kappa shape index (κ3) is 4.44. The molecule has 0 unspecified atom stereocenters. The number of hydrogen-bond acceptors (Lipinski definition) is 4. The highest BCUT2D eigenvalue weighted by Crippen LogP contribution is 2.47. The summed E-state index contributed by atoms with van der Waals surface area (Å²) < 4.78 is 6.50. The summed E-state index contributed by atoms with van der Waals surface area (Å²) in [7, 11) is 0. The molecule has 5 heteroatoms. The van der Waals surface area contributed by atoms with Crippen molar-refractivity contribution < 1.29 is 14.3 Å². The molecule has 166 valence electrons. The van der Waals surface area contributed by atoms with E-state index < -0.39 is 5.92 Å². The van der Waals surface area contributed by atoms with Gasteiger partial charge in [-0.3, -0.25) is 4.79 Å². The molecule has 1 heterocycles. The number of esters is 1. The molecule has 2 atom stereocenters. The van der Waals surface area contributed by atoms with Crippen molar-refractivity contribution in [2.24, 2.45) is 5.92 Å². The fourth-order valence-corrected chi connectivity index (χ4v) is 5.12. The third-order valence-corrected chi connectivity index (χ3v) is 6.80. The molecule has 1 aliphatic carbocycles. The molecular formula is C27H28BrNO3. The number of dihydropyridines is 1. The molecule has 0 aromatic heterocycles. The van der Waals surface area contributed by atoms with Crippen LogP contribution in [0.25, 0.3) is 0 Å². The van der Waals surface area contributed by atoms with Gasteiger partial charge >= 0.3 is 5.97 Å². The topological polar surface area (TPSA) is 55.4 Å². The lowest BCUT2D eigenvalue weighted by Gasteiger charge is -2.37. The number of ether oxygens (including phenoxy) is 1. The first-order valence-electron chi connectivity index (χ1n) is 11.1. The fraction of sp³-hybridized carbons (Fsp3) is 0.333. The summed E-state index contributed by atoms with van der Waals surface area (Å²) in [6.07, 6.45) is 1.16. The smallest absolute Gasteiger partial charge is 0.336 e. The zero-order valence-electron chi connectivity index (χ0n) is 18.7. The van der Waals surface area contributed by atoms with Gasteiger partial charge in [0.1, 0.15) is 0 Å². The first-order chi connectivity index (χ1) is 15.4. The standard InChI is InChI=1S/C27H28BrNO3/c1-16(2)15-32-27(31)24-17(3)29-22-13-19(18-9-5-4-6-10-18)14-23(30)26(22)25(24)20-11-7-8-12-21(20)28/h4-12,16,19,25,29H,13-15H2,1-3H3/t19-,25+/m0/s1. The van der Waals surface area contributed by atoms with E-state index in [0.717, 1.165) is 33.4 Å². The molecule has 0 spiro atoms. The lowest BCUT2D eigenvalue weighted by atomic mass is 9.72. The van der Waals surface area contributed by atoms with Crippen molar-refractivity contribution in [1.29, 1.82) is 0 Å². The largest absolute Gasteiger partial charge is 0.462 e. The van der Waals surface area contributed by atoms with Gasteiger partial charge in [0.25, 0.3) is 0 Å². The van der Waals surface area contributed by atoms with Crippen molar-refractivity contribution in [3.05, 3.63) is 92.7 Å². The van der Waals surface area contributed by atoms with Crippen LogP contribution in [0.4, 0.5) is 0 Å². The summed E-state index contributed by atoms with van der Waals surface area (Å²) in [5.41, 5.74) is 4.93. The molecule has 0 bridgehead atoms. The second kappa shape index (κ2) is 9.45. The second-order valence-corrected chi connectivity index (χ2v) is 9.80. The maximum atomic E-state index is 13.6. The van der Waals surface area contributed by atoms with E-state index in [2.05, 4.69) is 33.4 Å². The molecule has 4 rings (SSSR count). The van der Waals surface area contributed by atoms with E-state index in [1.165, 1.54) is 0 Å². The summed E-state index contributed by atoms with van der Waals surface area (Å²) in [6.45, 7) is 6.26. The van der Waals surface area contributed by atoms with Crippen molar-refractivity contribution in [2.45, 2.75) is 45.4 Å². The van der Waals surface area contributed by atoms with E-state index in [0.29, 0.717) is 24.2 Å². The Morgan fingerprint density at radius 3 is 2.47 bits per heavy atom. The normalized spacial score (nSPS) is 20.8. The van der Waals surface area contributed by atoms with Crippen LogP contribution in [0.2, 0.25) is 0 Å². The Morgan fingerprint density at radius 1 is 1.09 bits per heavy atom. The molecule has 2 aromatic carbocycles. The number of hydrogen-bond donors (Lipinski definition) is 1. The van der Waals surface area contributed by atoms with Gasteiger partial charge in [-0.2, -0.15) is 0 Å². The molecule has 1 N–H and O–H groups in total. The molecule has 0 fully saturated rings. The van der Waals surface area contributed by atoms with Gasteiger partial charge < -0.3 is 10.1 Å². The minimum atomic E-state index is -0.453. The number of carbonyl (C=O) groups excluding carboxylic acids is 2. The van der Waals surface area contributed by atoms with E-state index in [1.54, 1.807) is 0 Å². The Kier molecular flexibility index (Phi) is 6.66. The number of Topliss-reactive ketones (excluding diaryl/α,β-unsaturated/α-hetero) is 1. The van der Waals surface area contributed by atoms with Crippen LogP contribution in [-0.4, -0.2) is 18.4 Å². The number of benzene rings is 2. The molecule has 1 aliphatic heterocycles. The van der Waals surface area contributed by atoms with Crippen molar-refractivity contribution in [2.75, 3.05) is 6.61 Å². The molecule has 4 nitrogen and oxygen atoms in total. The number of allylic oxidation sites excluding steroid dienone is 3. The van der Waals surface area contributed by atoms with Crippen LogP contribution in [0, 0.1) is 5.92 Å². The Labute approximate surface area is 197 Å². The maximum Gasteiger partial charge on any atom is 0.336 e. The molecule has 0 radical (unpaired) electrons. The van der Waals surface area contributed by atoms with E-state index in [-0.39, 0.29) is 23.6 Å². The highest BCUT2D eigenvalue weighted by atomic mass is 79.9. The molecule has 2 aliphatic rings. The number of halogens is 1. The van der Waals surface area contributed by atoms with Crippen LogP contribution < -0.4 is 5.32 Å². The zero-order chi connectivity index (χ0) is 22.8. The zero-order valence-corrected chi connectivity index (χ0v) is 20.2. The highest BCUT2D eigenvalue weighted by Gasteiger charge is 2.42. The summed E-state index contributed by atoms with van der Waals surface area (Å²) in [4.78, 5) is 26.8. The second-order valence-electron chi connectivity index (χ2n) is 8.94. The lowest BCUT2D eigenvalue weighted by molar-refractivity contribution is -0.140. The predicted molar refractivity (Wildman–Crippen MR) is 129 cm³/mol. The molecule has 0 saturated heterocycles. The molecule has 2 aromatic rings. The van der Waals surface area contributed by atoms with Gasteiger partial charge in [0.15, 0.2) is 5.78 Å². The maximum absolute atomic E-state index is 13.6. The summed E-state index contributed by atoms with van der Waals surface area (Å²) >= 11 is 3.65. The van der Waals surface area contributed by atoms with Crippen LogP contribution in [0.3, 0.4) is 0 Å². The van der Waals surface area contributed by atoms with Gasteiger partial charge in [-0.1, -0.05) is 78.3 Å². The van der Waals surface area contributed by atoms with Crippen LogP contribution in [-0.2, 0) is 14.3 Å². The van der Waals surface area contributed by atoms with Crippen molar-refractivity contribution in [3.63, 3.8) is 0 Å². The SMILES string of the molecule is CC1=C(C(=O)OCC(C)C)[C@@H](c2ccccc2Br)C2=C(C[C@H](c3ccccc3)CC2=O)N1. The Morgan fingerprint density at radius 2 is 1.78 bits per heavy atom. The van der Waals surface area contributed by atoms with Crippen molar-refractivity contribution in [3.8, 4) is 0 Å². The van der Waals surface area contributed by atoms with Crippen LogP contribution in [0.15, 0.2) is 81.6 Å². The summed E-state index contributed by atoms with van der Waals surface area (Å²) in [6, 6.07) is 18.0. The Balaban J connectivity index is 1.78. The molecule has 32 heavy (non-hydrogen) atoms. The molecule has 0 saturated carbocycles. The van der Waals surface area contributed by atoms with Crippen LogP contribution >= 0.6 is 15.9 Å². The van der Waals surface area contributed by atoms with E-state index in [4.69, 9.17) is 4.74 Å². The summed E-state index contributed by atoms with van der Waals surface area (Å²) in [5.74, 6) is -0.386. The van der Waals surface area contributed by atoms with Gasteiger partial charge in [-0.25, -0.2) is 4.79 Å². The monoisotopic (exact) mass is 493 g/mol. The number of carbonyl (C=O) groups is 2. The van der Waals surface area contributed by atoms with Gasteiger partial charge in [0.05, 0.1) is 12.2 Å². The first-order valence-corrected chi connectivity index (χ1v) is 11.9. The Bertz CT molecular complexity index is 1100. The third-order valence-electron chi connectivity index (χ3n) is 6.08. The van der Waals surface area contributed by atoms with Gasteiger partial charge in [0.2, 0.25) is 0 Å². The predicted octanol–water partition coefficient (Wildman–Crippen LogP) is 6.01. The number of rotatable bonds is 5. The molecular weight excluding hydrogens is 466 g/mol. The minimum Gasteiger partial charge on any atom is -0.462 e. The Hall–Kier alpha value is -2.66. The van der Waals surface area contributed by atoms with Gasteiger partial charge in [0, 0.05) is 33.8 Å². The number of ketones is 1. The average molecular weight is 494 g/mol. The van der Waals surface area contributed by atoms with Gasteiger partial charge in [-0.05, 0) is 42.4 Å². The first kappa shape index (κ1) is 22.5. The van der Waals surface area contributed by atoms with Gasteiger partial charge in [-0.15, -0.1) is 0 Å². The van der Waals surface area contributed by atoms with Crippen molar-refractivity contribution in [1.82, 2.24) is 5.32 Å². The van der Waals surface area contributed by atoms with Crippen LogP contribution in [0.1, 0.15) is 56.6 Å². The van der Waals surface area contributed by atoms with E-state index >= 15 is 0 Å². The van der Waals surface area contributed by atoms with Crippen molar-refractivity contribution >= 4 is 27.7 Å². The van der Waals surface area contributed by atoms with E-state index in [9.17, 15) is 9.59 Å². The summed E-state index contributed by atoms with van der Waals surface area (Å²) in [5, 5.41) is 3.41. The van der Waals surface area contributed by atoms with E-state index in [1.807, 2.05) is 63.2 Å². The quantitative estimate of drug-likeness (QED) is 0.518. The lowest BCUT2D eigenvalue weighted by Crippen LogP contribution is -2.36. The minimum absolute atomic E-state index is 0.0787.